The summed E-state index contributed by atoms with van der Waals surface area (Å²) in [5.74, 6) is -0.328. The quantitative estimate of drug-likeness (QED) is 0.497. The van der Waals surface area contributed by atoms with Gasteiger partial charge in [0.15, 0.2) is 5.82 Å². The van der Waals surface area contributed by atoms with E-state index in [9.17, 15) is 14.4 Å². The maximum atomic E-state index is 13.2. The van der Waals surface area contributed by atoms with Crippen LogP contribution in [0.1, 0.15) is 16.2 Å². The van der Waals surface area contributed by atoms with E-state index in [2.05, 4.69) is 5.32 Å². The molecule has 1 saturated heterocycles. The number of nitrogens with one attached hydrogen (secondary N) is 2. The summed E-state index contributed by atoms with van der Waals surface area (Å²) in [6.45, 7) is 3.34. The zero-order valence-electron chi connectivity index (χ0n) is 17.0. The summed E-state index contributed by atoms with van der Waals surface area (Å²) in [6, 6.07) is 13.4. The molecule has 4 rings (SSSR count). The van der Waals surface area contributed by atoms with Gasteiger partial charge in [-0.15, -0.1) is 0 Å². The monoisotopic (exact) mass is 422 g/mol. The minimum Gasteiger partial charge on any atom is -0.370 e. The highest BCUT2D eigenvalue weighted by molar-refractivity contribution is 5.94. The fourth-order valence-electron chi connectivity index (χ4n) is 3.63. The van der Waals surface area contributed by atoms with Crippen LogP contribution in [0, 0.1) is 0 Å². The Morgan fingerprint density at radius 3 is 2.52 bits per heavy atom. The lowest BCUT2D eigenvalue weighted by molar-refractivity contribution is -0.922. The predicted octanol–water partition coefficient (Wildman–Crippen LogP) is -0.451. The molecule has 1 aliphatic rings. The van der Waals surface area contributed by atoms with Crippen LogP contribution >= 0.6 is 0 Å². The maximum absolute atomic E-state index is 13.2. The first-order chi connectivity index (χ1) is 15.0. The first-order valence-corrected chi connectivity index (χ1v) is 10.1. The summed E-state index contributed by atoms with van der Waals surface area (Å²) in [5, 5.41) is 3.23. The Morgan fingerprint density at radius 2 is 1.81 bits per heavy atom. The van der Waals surface area contributed by atoms with Crippen LogP contribution in [0.2, 0.25) is 0 Å². The van der Waals surface area contributed by atoms with E-state index in [0.29, 0.717) is 47.7 Å². The van der Waals surface area contributed by atoms with Gasteiger partial charge >= 0.3 is 0 Å². The summed E-state index contributed by atoms with van der Waals surface area (Å²) >= 11 is 0. The van der Waals surface area contributed by atoms with Crippen LogP contribution in [0.15, 0.2) is 53.3 Å². The second kappa shape index (κ2) is 9.07. The highest BCUT2D eigenvalue weighted by Crippen LogP contribution is 2.11. The van der Waals surface area contributed by atoms with Crippen LogP contribution in [0.4, 0.5) is 5.69 Å². The van der Waals surface area contributed by atoms with E-state index in [1.807, 2.05) is 6.07 Å². The van der Waals surface area contributed by atoms with E-state index in [1.165, 1.54) is 21.6 Å². The van der Waals surface area contributed by atoms with Crippen molar-refractivity contribution >= 4 is 28.4 Å². The molecule has 31 heavy (non-hydrogen) atoms. The number of anilines is 1. The Balaban J connectivity index is 1.60. The maximum Gasteiger partial charge on any atom is 0.262 e. The largest absolute Gasteiger partial charge is 0.370 e. The Hall–Kier alpha value is -3.56. The molecule has 2 heterocycles. The molecule has 0 atom stereocenters. The number of nitrogens with two attached hydrogens (primary N) is 1. The van der Waals surface area contributed by atoms with E-state index in [4.69, 9.17) is 15.5 Å². The molecule has 9 nitrogen and oxygen atoms in total. The number of nitrogens with zero attached hydrogens (tertiary/aromatic N) is 2. The van der Waals surface area contributed by atoms with Crippen LogP contribution in [-0.4, -0.2) is 47.7 Å². The van der Waals surface area contributed by atoms with Crippen LogP contribution in [0.3, 0.4) is 0 Å². The molecule has 0 unspecified atom stereocenters. The highest BCUT2D eigenvalue weighted by atomic mass is 16.5. The van der Waals surface area contributed by atoms with Crippen molar-refractivity contribution in [3.05, 3.63) is 70.3 Å². The van der Waals surface area contributed by atoms with Crippen molar-refractivity contribution in [1.82, 2.24) is 9.55 Å². The molecule has 0 radical (unpaired) electrons. The van der Waals surface area contributed by atoms with Gasteiger partial charge in [-0.25, -0.2) is 4.98 Å². The fourth-order valence-corrected chi connectivity index (χ4v) is 3.63. The number of para-hydroxylation sites is 1. The van der Waals surface area contributed by atoms with Gasteiger partial charge in [-0.1, -0.05) is 12.1 Å². The molecule has 160 valence electrons. The molecule has 2 amide bonds. The fraction of sp³-hybridized carbons (Fsp3) is 0.273. The standard InChI is InChI=1S/C22H23N5O4/c23-21(29)15-5-7-16(8-6-15)24-20(28)14-27-19(13-26-9-11-31-12-10-26)25-18-4-2-1-3-17(18)22(27)30/h1-8H,9-14H2,(H2,23,29)(H,24,28)/p+1. The minimum atomic E-state index is -0.540. The zero-order valence-corrected chi connectivity index (χ0v) is 17.0. The van der Waals surface area contributed by atoms with Crippen LogP contribution in [-0.2, 0) is 22.6 Å². The molecular formula is C22H24N5O4+. The third-order valence-corrected chi connectivity index (χ3v) is 5.30. The van der Waals surface area contributed by atoms with Gasteiger partial charge in [-0.05, 0) is 36.4 Å². The van der Waals surface area contributed by atoms with Gasteiger partial charge in [0.2, 0.25) is 11.8 Å². The van der Waals surface area contributed by atoms with Crippen LogP contribution in [0.25, 0.3) is 10.9 Å². The number of hydrogen-bond donors (Lipinski definition) is 3. The Bertz CT molecular complexity index is 1170. The Labute approximate surface area is 178 Å². The molecular weight excluding hydrogens is 398 g/mol. The minimum absolute atomic E-state index is 0.159. The normalized spacial score (nSPS) is 14.5. The number of rotatable bonds is 6. The number of primary amides is 1. The number of morpholine rings is 1. The average Bonchev–Trinajstić information content (AvgIpc) is 2.77. The smallest absolute Gasteiger partial charge is 0.262 e. The van der Waals surface area contributed by atoms with Crippen molar-refractivity contribution in [2.24, 2.45) is 5.73 Å². The summed E-state index contributed by atoms with van der Waals surface area (Å²) in [7, 11) is 0. The third kappa shape index (κ3) is 4.79. The van der Waals surface area contributed by atoms with E-state index in [1.54, 1.807) is 30.3 Å². The van der Waals surface area contributed by atoms with Crippen molar-refractivity contribution in [3.8, 4) is 0 Å². The van der Waals surface area contributed by atoms with Gasteiger partial charge in [0.25, 0.3) is 5.56 Å². The summed E-state index contributed by atoms with van der Waals surface area (Å²) in [5.41, 5.74) is 6.48. The number of aromatic nitrogens is 2. The number of carbonyl (C=O) groups is 2. The molecule has 3 aromatic rings. The SMILES string of the molecule is NC(=O)c1ccc(NC(=O)Cn2c(C[NH+]3CCOCC3)nc3ccccc3c2=O)cc1. The van der Waals surface area contributed by atoms with Crippen molar-refractivity contribution in [2.75, 3.05) is 31.6 Å². The Kier molecular flexibility index (Phi) is 6.06. The van der Waals surface area contributed by atoms with E-state index >= 15 is 0 Å². The van der Waals surface area contributed by atoms with Crippen molar-refractivity contribution in [3.63, 3.8) is 0 Å². The summed E-state index contributed by atoms with van der Waals surface area (Å²) in [6.07, 6.45) is 0. The van der Waals surface area contributed by atoms with Crippen molar-refractivity contribution in [2.45, 2.75) is 13.1 Å². The van der Waals surface area contributed by atoms with Crippen LogP contribution < -0.4 is 21.5 Å². The summed E-state index contributed by atoms with van der Waals surface area (Å²) in [4.78, 5) is 43.0. The highest BCUT2D eigenvalue weighted by Gasteiger charge is 2.20. The molecule has 9 heteroatoms. The molecule has 4 N–H and O–H groups in total. The number of amides is 2. The first-order valence-electron chi connectivity index (χ1n) is 10.1. The van der Waals surface area contributed by atoms with Gasteiger partial charge in [-0.3, -0.25) is 19.0 Å². The molecule has 1 aliphatic heterocycles. The lowest BCUT2D eigenvalue weighted by atomic mass is 10.2. The molecule has 0 saturated carbocycles. The van der Waals surface area contributed by atoms with E-state index < -0.39 is 5.91 Å². The second-order valence-electron chi connectivity index (χ2n) is 7.47. The van der Waals surface area contributed by atoms with Crippen molar-refractivity contribution < 1.29 is 19.2 Å². The second-order valence-corrected chi connectivity index (χ2v) is 7.47. The van der Waals surface area contributed by atoms with Gasteiger partial charge in [0, 0.05) is 11.3 Å². The molecule has 1 fully saturated rings. The average molecular weight is 422 g/mol. The zero-order chi connectivity index (χ0) is 21.8. The van der Waals surface area contributed by atoms with Gasteiger partial charge in [0.1, 0.15) is 26.2 Å². The number of hydrogen-bond acceptors (Lipinski definition) is 5. The first kappa shape index (κ1) is 20.7. The van der Waals surface area contributed by atoms with Gasteiger partial charge in [-0.2, -0.15) is 0 Å². The Morgan fingerprint density at radius 1 is 1.10 bits per heavy atom. The third-order valence-electron chi connectivity index (χ3n) is 5.30. The number of carbonyl (C=O) groups excluding carboxylic acids is 2. The number of fused-ring (bicyclic) bond motifs is 1. The molecule has 1 aromatic heterocycles. The van der Waals surface area contributed by atoms with Crippen LogP contribution in [0.5, 0.6) is 0 Å². The topological polar surface area (TPSA) is 121 Å². The van der Waals surface area contributed by atoms with Gasteiger partial charge < -0.3 is 20.7 Å². The van der Waals surface area contributed by atoms with Crippen molar-refractivity contribution in [1.29, 1.82) is 0 Å². The molecule has 2 aromatic carbocycles. The predicted molar refractivity (Wildman–Crippen MR) is 115 cm³/mol. The number of benzene rings is 2. The number of ether oxygens (including phenoxy) is 1. The lowest BCUT2D eigenvalue weighted by Gasteiger charge is -2.24. The molecule has 0 aliphatic carbocycles. The lowest BCUT2D eigenvalue weighted by Crippen LogP contribution is -3.13. The molecule has 0 bridgehead atoms. The van der Waals surface area contributed by atoms with E-state index in [-0.39, 0.29) is 18.0 Å². The van der Waals surface area contributed by atoms with Gasteiger partial charge in [0.05, 0.1) is 24.1 Å². The number of quaternary nitrogens is 1. The molecule has 0 spiro atoms. The van der Waals surface area contributed by atoms with E-state index in [0.717, 1.165) is 13.1 Å². The summed E-state index contributed by atoms with van der Waals surface area (Å²) < 4.78 is 6.86.